The smallest absolute Gasteiger partial charge is 0.157 e. The van der Waals surface area contributed by atoms with E-state index in [1.807, 2.05) is 0 Å². The molecular formula is C22H42O3. The molecule has 0 saturated carbocycles. The molecule has 3 nitrogen and oxygen atoms in total. The Hall–Kier alpha value is -0.410. The Morgan fingerprint density at radius 3 is 1.72 bits per heavy atom. The summed E-state index contributed by atoms with van der Waals surface area (Å²) in [7, 11) is 0. The summed E-state index contributed by atoms with van der Waals surface area (Å²) in [6.45, 7) is 1.76. The molecule has 0 amide bonds. The molecule has 0 bridgehead atoms. The van der Waals surface area contributed by atoms with Crippen molar-refractivity contribution < 1.29 is 14.3 Å². The quantitative estimate of drug-likeness (QED) is 0.206. The fourth-order valence-corrected chi connectivity index (χ4v) is 3.51. The van der Waals surface area contributed by atoms with Crippen molar-refractivity contribution in [3.05, 3.63) is 0 Å². The van der Waals surface area contributed by atoms with E-state index in [-0.39, 0.29) is 6.29 Å². The first-order valence-corrected chi connectivity index (χ1v) is 11.1. The lowest BCUT2D eigenvalue weighted by atomic mass is 10.0. The Bertz CT molecular complexity index is 274. The van der Waals surface area contributed by atoms with E-state index < -0.39 is 0 Å². The van der Waals surface area contributed by atoms with Gasteiger partial charge in [-0.05, 0) is 32.1 Å². The highest BCUT2D eigenvalue weighted by Gasteiger charge is 2.13. The molecule has 3 heteroatoms. The molecule has 0 aromatic heterocycles. The number of ether oxygens (including phenoxy) is 2. The van der Waals surface area contributed by atoms with Gasteiger partial charge in [-0.3, -0.25) is 0 Å². The maximum atomic E-state index is 10.2. The number of hydrogen-bond acceptors (Lipinski definition) is 3. The molecule has 0 aromatic carbocycles. The third-order valence-electron chi connectivity index (χ3n) is 5.16. The van der Waals surface area contributed by atoms with Crippen LogP contribution in [0.25, 0.3) is 0 Å². The number of unbranched alkanes of at least 4 members (excludes halogenated alkanes) is 14. The summed E-state index contributed by atoms with van der Waals surface area (Å²) < 4.78 is 11.3. The Balaban J connectivity index is 1.66. The molecule has 1 fully saturated rings. The molecule has 1 aliphatic heterocycles. The van der Waals surface area contributed by atoms with Crippen LogP contribution in [0.5, 0.6) is 0 Å². The monoisotopic (exact) mass is 354 g/mol. The van der Waals surface area contributed by atoms with Crippen LogP contribution in [0.3, 0.4) is 0 Å². The summed E-state index contributed by atoms with van der Waals surface area (Å²) in [5, 5.41) is 0. The van der Waals surface area contributed by atoms with E-state index in [2.05, 4.69) is 0 Å². The SMILES string of the molecule is O=CCCCCCCCCCCCCCCCCOC1CCCCO1. The van der Waals surface area contributed by atoms with E-state index in [4.69, 9.17) is 9.47 Å². The molecule has 1 rings (SSSR count). The molecule has 0 aromatic rings. The largest absolute Gasteiger partial charge is 0.353 e. The Labute approximate surface area is 156 Å². The first-order valence-electron chi connectivity index (χ1n) is 11.1. The second-order valence-corrected chi connectivity index (χ2v) is 7.57. The molecular weight excluding hydrogens is 312 g/mol. The standard InChI is InChI=1S/C22H42O3/c23-19-15-12-10-8-6-4-2-1-3-5-7-9-11-13-16-20-24-22-18-14-17-21-25-22/h19,22H,1-18,20-21H2. The van der Waals surface area contributed by atoms with Crippen LogP contribution in [0, 0.1) is 0 Å². The van der Waals surface area contributed by atoms with Crippen molar-refractivity contribution >= 4 is 6.29 Å². The normalized spacial score (nSPS) is 17.7. The lowest BCUT2D eigenvalue weighted by Gasteiger charge is -2.22. The molecule has 0 spiro atoms. The second-order valence-electron chi connectivity index (χ2n) is 7.57. The fourth-order valence-electron chi connectivity index (χ4n) is 3.51. The van der Waals surface area contributed by atoms with Gasteiger partial charge in [0.15, 0.2) is 6.29 Å². The van der Waals surface area contributed by atoms with Crippen LogP contribution in [-0.4, -0.2) is 25.8 Å². The zero-order valence-electron chi connectivity index (χ0n) is 16.5. The van der Waals surface area contributed by atoms with Gasteiger partial charge in [0.25, 0.3) is 0 Å². The highest BCUT2D eigenvalue weighted by Crippen LogP contribution is 2.15. The van der Waals surface area contributed by atoms with Gasteiger partial charge in [0, 0.05) is 19.6 Å². The highest BCUT2D eigenvalue weighted by atomic mass is 16.7. The van der Waals surface area contributed by atoms with Gasteiger partial charge in [0.2, 0.25) is 0 Å². The van der Waals surface area contributed by atoms with E-state index in [9.17, 15) is 4.79 Å². The van der Waals surface area contributed by atoms with Crippen molar-refractivity contribution in [2.75, 3.05) is 13.2 Å². The van der Waals surface area contributed by atoms with Gasteiger partial charge in [0.05, 0.1) is 0 Å². The zero-order chi connectivity index (χ0) is 17.8. The van der Waals surface area contributed by atoms with Gasteiger partial charge in [-0.25, -0.2) is 0 Å². The molecule has 1 unspecified atom stereocenters. The summed E-state index contributed by atoms with van der Waals surface area (Å²) in [6.07, 6.45) is 24.0. The number of aldehydes is 1. The first kappa shape index (κ1) is 22.6. The van der Waals surface area contributed by atoms with E-state index >= 15 is 0 Å². The molecule has 1 atom stereocenters. The predicted molar refractivity (Wildman–Crippen MR) is 105 cm³/mol. The minimum absolute atomic E-state index is 0.0881. The second kappa shape index (κ2) is 18.4. The van der Waals surface area contributed by atoms with Crippen LogP contribution in [0.15, 0.2) is 0 Å². The number of hydrogen-bond donors (Lipinski definition) is 0. The number of carbonyl (C=O) groups is 1. The predicted octanol–water partition coefficient (Wildman–Crippen LogP) is 6.58. The zero-order valence-corrected chi connectivity index (χ0v) is 16.5. The van der Waals surface area contributed by atoms with Crippen molar-refractivity contribution in [2.24, 2.45) is 0 Å². The van der Waals surface area contributed by atoms with Crippen LogP contribution in [0.1, 0.15) is 116 Å². The van der Waals surface area contributed by atoms with E-state index in [0.717, 1.165) is 38.8 Å². The third kappa shape index (κ3) is 15.6. The summed E-state index contributed by atoms with van der Waals surface area (Å²) in [4.78, 5) is 10.2. The van der Waals surface area contributed by atoms with Crippen LogP contribution >= 0.6 is 0 Å². The molecule has 148 valence electrons. The van der Waals surface area contributed by atoms with E-state index in [1.165, 1.54) is 96.3 Å². The van der Waals surface area contributed by atoms with Gasteiger partial charge >= 0.3 is 0 Å². The summed E-state index contributed by atoms with van der Waals surface area (Å²) >= 11 is 0. The van der Waals surface area contributed by atoms with Gasteiger partial charge in [-0.1, -0.05) is 77.0 Å². The van der Waals surface area contributed by atoms with Crippen LogP contribution in [0.4, 0.5) is 0 Å². The van der Waals surface area contributed by atoms with Crippen molar-refractivity contribution in [3.8, 4) is 0 Å². The van der Waals surface area contributed by atoms with Crippen LogP contribution < -0.4 is 0 Å². The van der Waals surface area contributed by atoms with Crippen LogP contribution in [-0.2, 0) is 14.3 Å². The molecule has 1 heterocycles. The van der Waals surface area contributed by atoms with Gasteiger partial charge in [-0.15, -0.1) is 0 Å². The van der Waals surface area contributed by atoms with Crippen molar-refractivity contribution in [1.29, 1.82) is 0 Å². The average molecular weight is 355 g/mol. The van der Waals surface area contributed by atoms with Crippen molar-refractivity contribution in [1.82, 2.24) is 0 Å². The van der Waals surface area contributed by atoms with E-state index in [0.29, 0.717) is 0 Å². The fraction of sp³-hybridized carbons (Fsp3) is 0.955. The lowest BCUT2D eigenvalue weighted by molar-refractivity contribution is -0.162. The number of carbonyl (C=O) groups excluding carboxylic acids is 1. The number of rotatable bonds is 18. The van der Waals surface area contributed by atoms with Crippen LogP contribution in [0.2, 0.25) is 0 Å². The maximum absolute atomic E-state index is 10.2. The topological polar surface area (TPSA) is 35.5 Å². The highest BCUT2D eigenvalue weighted by molar-refractivity contribution is 5.48. The maximum Gasteiger partial charge on any atom is 0.157 e. The summed E-state index contributed by atoms with van der Waals surface area (Å²) in [5.41, 5.74) is 0. The van der Waals surface area contributed by atoms with Crippen molar-refractivity contribution in [2.45, 2.75) is 122 Å². The first-order chi connectivity index (χ1) is 12.4. The van der Waals surface area contributed by atoms with Gasteiger partial charge in [0.1, 0.15) is 6.29 Å². The summed E-state index contributed by atoms with van der Waals surface area (Å²) in [6, 6.07) is 0. The van der Waals surface area contributed by atoms with Gasteiger partial charge in [-0.2, -0.15) is 0 Å². The molecule has 1 saturated heterocycles. The minimum Gasteiger partial charge on any atom is -0.353 e. The average Bonchev–Trinajstić information content (AvgIpc) is 2.65. The van der Waals surface area contributed by atoms with Gasteiger partial charge < -0.3 is 14.3 Å². The minimum atomic E-state index is 0.0881. The summed E-state index contributed by atoms with van der Waals surface area (Å²) in [5.74, 6) is 0. The Morgan fingerprint density at radius 2 is 1.24 bits per heavy atom. The third-order valence-corrected chi connectivity index (χ3v) is 5.16. The molecule has 0 aliphatic carbocycles. The Kier molecular flexibility index (Phi) is 16.6. The molecule has 0 N–H and O–H groups in total. The van der Waals surface area contributed by atoms with Crippen molar-refractivity contribution in [3.63, 3.8) is 0 Å². The molecule has 1 aliphatic rings. The molecule has 25 heavy (non-hydrogen) atoms. The van der Waals surface area contributed by atoms with E-state index in [1.54, 1.807) is 0 Å². The Morgan fingerprint density at radius 1 is 0.720 bits per heavy atom. The molecule has 0 radical (unpaired) electrons. The lowest BCUT2D eigenvalue weighted by Crippen LogP contribution is -2.22.